The van der Waals surface area contributed by atoms with Gasteiger partial charge in [-0.25, -0.2) is 0 Å². The Morgan fingerprint density at radius 2 is 1.79 bits per heavy atom. The first-order valence-electron chi connectivity index (χ1n) is 10.8. The number of primary amides is 1. The van der Waals surface area contributed by atoms with Crippen LogP contribution in [0.4, 0.5) is 0 Å². The van der Waals surface area contributed by atoms with Crippen molar-refractivity contribution in [2.75, 3.05) is 21.1 Å². The quantitative estimate of drug-likeness (QED) is 0.320. The standard InChI is InChI=1S/C23H29N3O7.CH4/c1-8-9-6-5-7-10(27)12(9)17(28)13-11(8)18(29)15-16(26(3)4)19(30)14(22(24)32)21(31)23(15,33)20(13)25-2;/h5-8,11,13,15-16,18,20,25,27,29,31,33H,1-4H3,(H2,24,32);1H4/t8-,11?,13?,15?,16-,18-,20?,23-;/m0./s1. The fourth-order valence-electron chi connectivity index (χ4n) is 6.48. The monoisotopic (exact) mass is 475 g/mol. The number of hydrogen-bond donors (Lipinski definition) is 6. The number of fused-ring (bicyclic) bond motifs is 3. The molecule has 0 heterocycles. The van der Waals surface area contributed by atoms with Crippen LogP contribution in [-0.4, -0.2) is 87.7 Å². The molecule has 1 amide bonds. The van der Waals surface area contributed by atoms with Gasteiger partial charge in [0.25, 0.3) is 5.91 Å². The molecule has 0 aliphatic heterocycles. The molecule has 0 saturated heterocycles. The molecule has 1 aromatic rings. The summed E-state index contributed by atoms with van der Waals surface area (Å²) in [6, 6.07) is 2.32. The van der Waals surface area contributed by atoms with Crippen LogP contribution in [0.15, 0.2) is 29.5 Å². The SMILES string of the molecule is C.CNC1C2C(=O)c3c(O)cccc3[C@H](C)C2[C@H](O)C2[C@H](N(C)C)C(=O)C(C(N)=O)=C(O)[C@@]12O. The number of aliphatic hydroxyl groups excluding tert-OH is 2. The van der Waals surface area contributed by atoms with Gasteiger partial charge in [0.1, 0.15) is 22.7 Å². The lowest BCUT2D eigenvalue weighted by Gasteiger charge is -2.60. The van der Waals surface area contributed by atoms with E-state index < -0.39 is 76.3 Å². The summed E-state index contributed by atoms with van der Waals surface area (Å²) in [5, 5.41) is 48.0. The zero-order chi connectivity index (χ0) is 24.6. The number of carbonyl (C=O) groups excluding carboxylic acids is 3. The fraction of sp³-hybridized carbons (Fsp3) is 0.542. The third-order valence-electron chi connectivity index (χ3n) is 7.80. The Morgan fingerprint density at radius 3 is 2.32 bits per heavy atom. The molecule has 0 bridgehead atoms. The number of ketones is 2. The molecular formula is C24H33N3O7. The molecule has 4 unspecified atom stereocenters. The number of benzene rings is 1. The Hall–Kier alpha value is -2.79. The third kappa shape index (κ3) is 3.06. The maximum atomic E-state index is 13.7. The van der Waals surface area contributed by atoms with Gasteiger partial charge in [-0.15, -0.1) is 0 Å². The first kappa shape index (κ1) is 25.8. The maximum Gasteiger partial charge on any atom is 0.255 e. The average Bonchev–Trinajstić information content (AvgIpc) is 2.73. The smallest absolute Gasteiger partial charge is 0.255 e. The Morgan fingerprint density at radius 1 is 1.18 bits per heavy atom. The molecule has 1 saturated carbocycles. The van der Waals surface area contributed by atoms with Crippen LogP contribution in [-0.2, 0) is 9.59 Å². The van der Waals surface area contributed by atoms with E-state index in [0.717, 1.165) is 0 Å². The zero-order valence-electron chi connectivity index (χ0n) is 18.8. The second-order valence-electron chi connectivity index (χ2n) is 9.47. The summed E-state index contributed by atoms with van der Waals surface area (Å²) in [5.41, 5.74) is 2.92. The van der Waals surface area contributed by atoms with E-state index in [0.29, 0.717) is 5.56 Å². The van der Waals surface area contributed by atoms with E-state index in [1.165, 1.54) is 18.0 Å². The van der Waals surface area contributed by atoms with Gasteiger partial charge in [-0.3, -0.25) is 19.3 Å². The summed E-state index contributed by atoms with van der Waals surface area (Å²) >= 11 is 0. The van der Waals surface area contributed by atoms with Crippen LogP contribution in [0.3, 0.4) is 0 Å². The number of rotatable bonds is 3. The Balaban J connectivity index is 0.00000324. The van der Waals surface area contributed by atoms with Crippen LogP contribution in [0.2, 0.25) is 0 Å². The number of Topliss-reactive ketones (excluding diaryl/α,β-unsaturated/α-hetero) is 2. The molecule has 186 valence electrons. The summed E-state index contributed by atoms with van der Waals surface area (Å²) in [6.45, 7) is 1.81. The number of carbonyl (C=O) groups is 3. The normalized spacial score (nSPS) is 37.0. The minimum absolute atomic E-state index is 0. The molecule has 4 rings (SSSR count). The van der Waals surface area contributed by atoms with Crippen LogP contribution in [0.25, 0.3) is 0 Å². The van der Waals surface area contributed by atoms with E-state index in [1.807, 2.05) is 6.92 Å². The van der Waals surface area contributed by atoms with Gasteiger partial charge < -0.3 is 31.5 Å². The fourth-order valence-corrected chi connectivity index (χ4v) is 6.48. The van der Waals surface area contributed by atoms with Crippen molar-refractivity contribution >= 4 is 17.5 Å². The first-order valence-corrected chi connectivity index (χ1v) is 10.8. The van der Waals surface area contributed by atoms with Crippen LogP contribution >= 0.6 is 0 Å². The summed E-state index contributed by atoms with van der Waals surface area (Å²) in [5.74, 6) is -7.21. The number of aliphatic hydroxyl groups is 3. The van der Waals surface area contributed by atoms with Gasteiger partial charge in [-0.2, -0.15) is 0 Å². The van der Waals surface area contributed by atoms with Crippen LogP contribution in [0, 0.1) is 17.8 Å². The highest BCUT2D eigenvalue weighted by atomic mass is 16.3. The predicted octanol–water partition coefficient (Wildman–Crippen LogP) is -0.319. The highest BCUT2D eigenvalue weighted by Crippen LogP contribution is 2.56. The number of hydrogen-bond acceptors (Lipinski definition) is 9. The minimum atomic E-state index is -2.36. The number of phenolic OH excluding ortho intramolecular Hbond substituents is 1. The van der Waals surface area contributed by atoms with E-state index >= 15 is 0 Å². The van der Waals surface area contributed by atoms with Gasteiger partial charge in [0.2, 0.25) is 0 Å². The molecular weight excluding hydrogens is 442 g/mol. The number of phenols is 1. The Bertz CT molecular complexity index is 1080. The molecule has 10 heteroatoms. The van der Waals surface area contributed by atoms with Crippen molar-refractivity contribution in [1.82, 2.24) is 10.2 Å². The zero-order valence-corrected chi connectivity index (χ0v) is 18.8. The number of nitrogens with two attached hydrogens (primary N) is 1. The van der Waals surface area contributed by atoms with E-state index in [4.69, 9.17) is 5.73 Å². The van der Waals surface area contributed by atoms with Crippen molar-refractivity contribution in [3.8, 4) is 5.75 Å². The maximum absolute atomic E-state index is 13.7. The van der Waals surface area contributed by atoms with Gasteiger partial charge in [-0.05, 0) is 38.7 Å². The molecule has 3 aliphatic carbocycles. The lowest BCUT2D eigenvalue weighted by molar-refractivity contribution is -0.186. The van der Waals surface area contributed by atoms with E-state index in [-0.39, 0.29) is 18.7 Å². The first-order chi connectivity index (χ1) is 15.4. The lowest BCUT2D eigenvalue weighted by Crippen LogP contribution is -2.76. The molecule has 1 aromatic carbocycles. The highest BCUT2D eigenvalue weighted by Gasteiger charge is 2.69. The van der Waals surface area contributed by atoms with Gasteiger partial charge in [-0.1, -0.05) is 26.5 Å². The van der Waals surface area contributed by atoms with E-state index in [9.17, 15) is 34.8 Å². The third-order valence-corrected chi connectivity index (χ3v) is 7.80. The van der Waals surface area contributed by atoms with Gasteiger partial charge >= 0.3 is 0 Å². The van der Waals surface area contributed by atoms with Crippen LogP contribution < -0.4 is 11.1 Å². The van der Waals surface area contributed by atoms with Crippen molar-refractivity contribution < 1.29 is 34.8 Å². The number of nitrogens with one attached hydrogen (secondary N) is 1. The minimum Gasteiger partial charge on any atom is -0.508 e. The van der Waals surface area contributed by atoms with Crippen LogP contribution in [0.5, 0.6) is 5.75 Å². The molecule has 3 aliphatic rings. The second-order valence-corrected chi connectivity index (χ2v) is 9.47. The average molecular weight is 476 g/mol. The molecule has 0 radical (unpaired) electrons. The molecule has 34 heavy (non-hydrogen) atoms. The van der Waals surface area contributed by atoms with Crippen molar-refractivity contribution in [1.29, 1.82) is 0 Å². The predicted molar refractivity (Wildman–Crippen MR) is 123 cm³/mol. The van der Waals surface area contributed by atoms with Gasteiger partial charge in [0.15, 0.2) is 11.6 Å². The molecule has 8 atom stereocenters. The number of nitrogens with zero attached hydrogens (tertiary/aromatic N) is 1. The molecule has 0 aromatic heterocycles. The van der Waals surface area contributed by atoms with Crippen molar-refractivity contribution in [3.63, 3.8) is 0 Å². The van der Waals surface area contributed by atoms with Gasteiger partial charge in [0, 0.05) is 17.8 Å². The van der Waals surface area contributed by atoms with E-state index in [1.54, 1.807) is 26.2 Å². The molecule has 7 N–H and O–H groups in total. The summed E-state index contributed by atoms with van der Waals surface area (Å²) in [6.07, 6.45) is -1.41. The van der Waals surface area contributed by atoms with E-state index in [2.05, 4.69) is 5.32 Å². The number of amides is 1. The number of likely N-dealkylation sites (N-methyl/N-ethyl adjacent to an activating group) is 2. The Kier molecular flexibility index (Phi) is 6.42. The largest absolute Gasteiger partial charge is 0.508 e. The Labute approximate surface area is 198 Å². The van der Waals surface area contributed by atoms with Crippen molar-refractivity contribution in [2.45, 2.75) is 44.1 Å². The van der Waals surface area contributed by atoms with Crippen molar-refractivity contribution in [2.24, 2.45) is 23.5 Å². The highest BCUT2D eigenvalue weighted by molar-refractivity contribution is 6.22. The number of aromatic hydroxyl groups is 1. The summed E-state index contributed by atoms with van der Waals surface area (Å²) in [7, 11) is 4.59. The lowest BCUT2D eigenvalue weighted by atomic mass is 9.49. The molecule has 1 fully saturated rings. The topological polar surface area (TPSA) is 173 Å². The van der Waals surface area contributed by atoms with Gasteiger partial charge in [0.05, 0.1) is 23.8 Å². The van der Waals surface area contributed by atoms with Crippen molar-refractivity contribution in [3.05, 3.63) is 40.7 Å². The molecule has 0 spiro atoms. The molecule has 10 nitrogen and oxygen atoms in total. The second kappa shape index (κ2) is 8.46. The summed E-state index contributed by atoms with van der Waals surface area (Å²) in [4.78, 5) is 40.4. The van der Waals surface area contributed by atoms with Crippen LogP contribution in [0.1, 0.15) is 36.2 Å². The summed E-state index contributed by atoms with van der Waals surface area (Å²) < 4.78 is 0.